The van der Waals surface area contributed by atoms with Crippen molar-refractivity contribution in [1.82, 2.24) is 0 Å². The lowest BCUT2D eigenvalue weighted by atomic mass is 9.84. The summed E-state index contributed by atoms with van der Waals surface area (Å²) in [5, 5.41) is 0. The number of halogens is 8. The molecule has 0 saturated carbocycles. The molecule has 0 bridgehead atoms. The van der Waals surface area contributed by atoms with E-state index in [1.165, 1.54) is 244 Å². The lowest BCUT2D eigenvalue weighted by Gasteiger charge is -2.21. The molecule has 0 radical (unpaired) electrons. The Labute approximate surface area is 860 Å². The molecule has 6 heterocycles. The summed E-state index contributed by atoms with van der Waals surface area (Å²) in [6.07, 6.45) is 35.0. The molecule has 7 rings (SSSR count). The molecule has 142 heavy (non-hydrogen) atoms. The quantitative estimate of drug-likeness (QED) is 0.0118. The second-order valence-electron chi connectivity index (χ2n) is 37.8. The van der Waals surface area contributed by atoms with E-state index in [0.717, 1.165) is 58.5 Å². The number of rotatable bonds is 53. The van der Waals surface area contributed by atoms with Crippen molar-refractivity contribution in [3.8, 4) is 11.1 Å². The summed E-state index contributed by atoms with van der Waals surface area (Å²) in [5.74, 6) is -0.308. The van der Waals surface area contributed by atoms with E-state index in [-0.39, 0.29) is 114 Å². The van der Waals surface area contributed by atoms with Gasteiger partial charge in [0.05, 0.1) is 65.7 Å². The smallest absolute Gasteiger partial charge is 0.466 e. The number of aryl methyl sites for hydroxylation is 2. The van der Waals surface area contributed by atoms with Crippen LogP contribution in [0.3, 0.4) is 0 Å². The molecule has 0 aliphatic heterocycles. The number of pyridine rings is 6. The molecule has 6 aromatic heterocycles. The maximum absolute atomic E-state index is 12.0. The van der Waals surface area contributed by atoms with Crippen molar-refractivity contribution in [2.45, 2.75) is 399 Å². The highest BCUT2D eigenvalue weighted by molar-refractivity contribution is 6.50. The van der Waals surface area contributed by atoms with Crippen LogP contribution in [0, 0.1) is 122 Å². The summed E-state index contributed by atoms with van der Waals surface area (Å²) >= 11 is 0. The molecule has 0 unspecified atom stereocenters. The zero-order valence-electron chi connectivity index (χ0n) is 86.2. The number of carbonyl (C=O) groups excluding carboxylic acids is 4. The van der Waals surface area contributed by atoms with Gasteiger partial charge in [0.25, 0.3) is 0 Å². The van der Waals surface area contributed by atoms with Gasteiger partial charge >= 0.3 is 26.4 Å². The third-order valence-electron chi connectivity index (χ3n) is 26.1. The van der Waals surface area contributed by atoms with Crippen LogP contribution in [-0.4, -0.2) is 118 Å². The molecule has 0 aliphatic carbocycles. The summed E-state index contributed by atoms with van der Waals surface area (Å²) in [6.45, 7) is 56.4. The number of nitrogens with zero attached hydrogens (tertiary/aromatic N) is 6. The van der Waals surface area contributed by atoms with Gasteiger partial charge in [-0.05, 0) is 152 Å². The number of methoxy groups -OCH3 is 2. The fourth-order valence-electron chi connectivity index (χ4n) is 17.1. The Morgan fingerprint density at radius 3 is 0.768 bits per heavy atom. The van der Waals surface area contributed by atoms with Gasteiger partial charge in [-0.3, -0.25) is 9.59 Å². The number of ketones is 2. The second kappa shape index (κ2) is 75.5. The minimum Gasteiger partial charge on any atom is -0.466 e. The normalized spacial score (nSPS) is 10.9. The molecule has 0 N–H and O–H groups in total. The van der Waals surface area contributed by atoms with Crippen LogP contribution in [0.1, 0.15) is 373 Å². The molecule has 1 aromatic carbocycles. The van der Waals surface area contributed by atoms with E-state index >= 15 is 0 Å². The SMILES string of the molecule is C.C.C.C.C.C.C.C.C.COCCCCCCCCCCC[n+]1ccc(-c2cc[n+](CCCCCCCCCCCOC(=O)CC(C)(C)CC(C)=O)cc2)cc1.COCCOCCOCCOCCOC(=O)CC(C)(C)CC(C)=O.Cc1c(Cc2c(C)c(C)[n+](Cc3ccc(C[n+]4c(C)c(C)c(Cc5c(C)c(C)[n+](C)c(C)c5C)c(C)c4C)cc3)c(C)c2C)c(C)c(C)[n+](C)c1C.F[B-](F)(F)F.F[B-](F)(F)F. The summed E-state index contributed by atoms with van der Waals surface area (Å²) in [5.41, 5.74) is 32.7. The van der Waals surface area contributed by atoms with Gasteiger partial charge in [-0.15, -0.1) is 0 Å². The van der Waals surface area contributed by atoms with Crippen molar-refractivity contribution in [3.63, 3.8) is 0 Å². The van der Waals surface area contributed by atoms with Gasteiger partial charge in [-0.1, -0.05) is 196 Å². The summed E-state index contributed by atoms with van der Waals surface area (Å²) < 4.78 is 129. The Bertz CT molecular complexity index is 4420. The minimum absolute atomic E-state index is 0. The summed E-state index contributed by atoms with van der Waals surface area (Å²) in [4.78, 5) is 46.1. The molecular formula is C115H202B2F8N6O11+4. The van der Waals surface area contributed by atoms with E-state index in [2.05, 4.69) is 226 Å². The first-order chi connectivity index (χ1) is 62.4. The maximum atomic E-state index is 12.0. The number of unbranched alkanes of at least 4 members (excludes halogenated alkanes) is 16. The van der Waals surface area contributed by atoms with Crippen LogP contribution in [0.4, 0.5) is 34.5 Å². The van der Waals surface area contributed by atoms with Gasteiger partial charge in [0, 0.05) is 182 Å². The van der Waals surface area contributed by atoms with E-state index in [1.54, 1.807) is 21.1 Å². The first-order valence-electron chi connectivity index (χ1n) is 48.2. The van der Waals surface area contributed by atoms with Crippen LogP contribution in [0.5, 0.6) is 0 Å². The van der Waals surface area contributed by atoms with Crippen molar-refractivity contribution in [2.75, 3.05) is 80.3 Å². The highest BCUT2D eigenvalue weighted by Gasteiger charge is 2.31. The number of hydrogen-bond donors (Lipinski definition) is 0. The van der Waals surface area contributed by atoms with E-state index in [1.807, 2.05) is 27.7 Å². The first-order valence-corrected chi connectivity index (χ1v) is 48.2. The third-order valence-corrected chi connectivity index (χ3v) is 26.1. The third kappa shape index (κ3) is 56.5. The molecule has 0 spiro atoms. The average molecular weight is 2020 g/mol. The largest absolute Gasteiger partial charge is 0.673 e. The van der Waals surface area contributed by atoms with E-state index < -0.39 is 14.5 Å². The van der Waals surface area contributed by atoms with Gasteiger partial charge in [-0.2, -0.15) is 9.13 Å². The number of hydrogen-bond acceptors (Lipinski definition) is 11. The van der Waals surface area contributed by atoms with Crippen molar-refractivity contribution in [1.29, 1.82) is 0 Å². The molecule has 0 aliphatic rings. The Morgan fingerprint density at radius 1 is 0.296 bits per heavy atom. The standard InChI is InChI=1S/C48H66N4.C41H68N2O4.C17H32O7.9CH4.2BF4/c1-27-35(9)49(17)36(10)28(2)45(27)23-47-31(5)39(13)51(40(14)32(47)6)25-43-19-21-44(22-20-43)26-52-41(15)33(7)48(34(8)42(52)16)24-46-29(3)37(11)50(18)38(12)30(46)4;1-37(44)35-41(2,3)36-40(45)47-34-22-18-14-10-6-8-12-16-20-28-43-31-25-39(26-32-43)38-23-29-42(30-24-38)27-19-15-11-7-5-9-13-17-21-33-46-4;1-15(18)13-17(2,3)14-16(19)24-12-11-23-10-9-22-8-7-21-6-5-20-4;;;;;;;;;;2*2-1(3,4)5/h19-22H,23-26H2,1-18H3;23-26,29-32H,5-22,27-28,33-36H2,1-4H3;5-14H2,1-4H3;9*1H4;;/q+4;+2;;;;;;;;;;;2*-1. The van der Waals surface area contributed by atoms with Crippen LogP contribution in [-0.2, 0) is 105 Å². The number of aromatic nitrogens is 6. The molecular weight excluding hydrogens is 1810 g/mol. The molecule has 7 aromatic rings. The predicted molar refractivity (Wildman–Crippen MR) is 576 cm³/mol. The van der Waals surface area contributed by atoms with Crippen molar-refractivity contribution >= 4 is 38.0 Å². The van der Waals surface area contributed by atoms with Crippen molar-refractivity contribution in [2.24, 2.45) is 24.9 Å². The second-order valence-corrected chi connectivity index (χ2v) is 37.8. The summed E-state index contributed by atoms with van der Waals surface area (Å²) in [7, 11) is -4.21. The van der Waals surface area contributed by atoms with E-state index in [9.17, 15) is 53.7 Å². The van der Waals surface area contributed by atoms with Gasteiger partial charge < -0.3 is 77.3 Å². The van der Waals surface area contributed by atoms with Gasteiger partial charge in [0.2, 0.25) is 0 Å². The summed E-state index contributed by atoms with van der Waals surface area (Å²) in [6, 6.07) is 18.3. The Morgan fingerprint density at radius 2 is 0.514 bits per heavy atom. The van der Waals surface area contributed by atoms with Gasteiger partial charge in [0.15, 0.2) is 83.4 Å². The van der Waals surface area contributed by atoms with Crippen molar-refractivity contribution in [3.05, 3.63) is 197 Å². The number of carbonyl (C=O) groups is 4. The lowest BCUT2D eigenvalue weighted by molar-refractivity contribution is -0.701. The average Bonchev–Trinajstić information content (AvgIpc) is 0.760. The molecule has 0 saturated heterocycles. The number of esters is 2. The highest BCUT2D eigenvalue weighted by Crippen LogP contribution is 2.32. The predicted octanol–water partition coefficient (Wildman–Crippen LogP) is 27.6. The van der Waals surface area contributed by atoms with Crippen LogP contribution in [0.25, 0.3) is 11.1 Å². The number of Topliss-reactive ketones (excluding diaryl/α,β-unsaturated/α-hetero) is 2. The minimum atomic E-state index is -6.00. The molecule has 0 atom stereocenters. The van der Waals surface area contributed by atoms with Crippen LogP contribution in [0.2, 0.25) is 0 Å². The molecule has 27 heteroatoms. The zero-order chi connectivity index (χ0) is 99.9. The molecule has 0 amide bonds. The lowest BCUT2D eigenvalue weighted by Crippen LogP contribution is -2.43. The molecule has 816 valence electrons. The van der Waals surface area contributed by atoms with Crippen LogP contribution in [0.15, 0.2) is 73.3 Å². The Kier molecular flexibility index (Phi) is 78.0. The van der Waals surface area contributed by atoms with Crippen LogP contribution < -0.4 is 27.4 Å². The van der Waals surface area contributed by atoms with Gasteiger partial charge in [0.1, 0.15) is 45.4 Å². The fourth-order valence-corrected chi connectivity index (χ4v) is 17.1. The highest BCUT2D eigenvalue weighted by atomic mass is 19.5. The van der Waals surface area contributed by atoms with E-state index in [0.29, 0.717) is 72.1 Å². The van der Waals surface area contributed by atoms with Crippen LogP contribution >= 0.6 is 0 Å². The fraction of sp³-hybridized carbons (Fsp3) is 0.652. The zero-order valence-corrected chi connectivity index (χ0v) is 86.2. The van der Waals surface area contributed by atoms with Crippen molar-refractivity contribution < 1.29 is 114 Å². The number of benzene rings is 1. The molecule has 17 nitrogen and oxygen atoms in total. The Balaban J connectivity index is -0.000000373. The first kappa shape index (κ1) is 147. The monoisotopic (exact) mass is 2020 g/mol. The van der Waals surface area contributed by atoms with Gasteiger partial charge in [-0.25, -0.2) is 18.3 Å². The topological polar surface area (TPSA) is 156 Å². The van der Waals surface area contributed by atoms with E-state index in [4.69, 9.17) is 33.2 Å². The number of ether oxygens (including phenoxy) is 7. The molecule has 0 fully saturated rings. The Hall–Kier alpha value is -8.23. The maximum Gasteiger partial charge on any atom is 0.673 e.